The summed E-state index contributed by atoms with van der Waals surface area (Å²) in [5, 5.41) is 9.27. The van der Waals surface area contributed by atoms with Gasteiger partial charge in [-0.05, 0) is 51.8 Å². The van der Waals surface area contributed by atoms with Crippen LogP contribution in [0.3, 0.4) is 0 Å². The highest BCUT2D eigenvalue weighted by Gasteiger charge is 2.13. The van der Waals surface area contributed by atoms with E-state index in [0.29, 0.717) is 22.7 Å². The topological polar surface area (TPSA) is 44.1 Å². The molecule has 0 fully saturated rings. The molecule has 0 radical (unpaired) electrons. The number of benzene rings is 2. The van der Waals surface area contributed by atoms with Gasteiger partial charge in [-0.3, -0.25) is 4.79 Å². The van der Waals surface area contributed by atoms with E-state index in [9.17, 15) is 4.79 Å². The summed E-state index contributed by atoms with van der Waals surface area (Å²) in [6, 6.07) is 14.4. The third-order valence-corrected chi connectivity index (χ3v) is 4.25. The molecule has 0 saturated carbocycles. The predicted octanol–water partition coefficient (Wildman–Crippen LogP) is 4.25. The molecule has 0 aliphatic rings. The minimum atomic E-state index is -0.103. The van der Waals surface area contributed by atoms with Gasteiger partial charge < -0.3 is 4.90 Å². The second kappa shape index (κ2) is 6.75. The van der Waals surface area contributed by atoms with Crippen LogP contribution in [0.15, 0.2) is 46.9 Å². The number of rotatable bonds is 3. The Morgan fingerprint density at radius 1 is 1.29 bits per heavy atom. The highest BCUT2D eigenvalue weighted by molar-refractivity contribution is 9.10. The summed E-state index contributed by atoms with van der Waals surface area (Å²) in [4.78, 5) is 13.9. The Balaban J connectivity index is 2.11. The van der Waals surface area contributed by atoms with Gasteiger partial charge in [0.15, 0.2) is 0 Å². The molecule has 0 bridgehead atoms. The smallest absolute Gasteiger partial charge is 0.253 e. The number of carbonyl (C=O) groups excluding carboxylic acids is 1. The van der Waals surface area contributed by atoms with Gasteiger partial charge in [-0.15, -0.1) is 0 Å². The van der Waals surface area contributed by atoms with Crippen LogP contribution >= 0.6 is 27.5 Å². The molecule has 2 rings (SSSR count). The number of nitrogens with zero attached hydrogens (tertiary/aromatic N) is 2. The van der Waals surface area contributed by atoms with Crippen molar-refractivity contribution in [3.05, 3.63) is 68.7 Å². The number of halogens is 2. The summed E-state index contributed by atoms with van der Waals surface area (Å²) in [5.41, 5.74) is 2.11. The first-order chi connectivity index (χ1) is 10.0. The molecule has 21 heavy (non-hydrogen) atoms. The van der Waals surface area contributed by atoms with Crippen molar-refractivity contribution in [2.75, 3.05) is 7.05 Å². The second-order valence-corrected chi connectivity index (χ2v) is 5.86. The van der Waals surface area contributed by atoms with Crippen molar-refractivity contribution in [1.82, 2.24) is 4.90 Å². The number of hydrogen-bond acceptors (Lipinski definition) is 2. The zero-order chi connectivity index (χ0) is 15.4. The van der Waals surface area contributed by atoms with Crippen molar-refractivity contribution in [2.45, 2.75) is 6.54 Å². The molecule has 2 aromatic rings. The number of carbonyl (C=O) groups is 1. The molecular formula is C16H12BrClN2O. The molecule has 0 aliphatic heterocycles. The Bertz CT molecular complexity index is 707. The van der Waals surface area contributed by atoms with Gasteiger partial charge in [0.25, 0.3) is 5.91 Å². The van der Waals surface area contributed by atoms with Crippen molar-refractivity contribution in [3.8, 4) is 6.07 Å². The average molecular weight is 364 g/mol. The Hall–Kier alpha value is -1.83. The lowest BCUT2D eigenvalue weighted by Crippen LogP contribution is -2.26. The molecule has 0 unspecified atom stereocenters. The summed E-state index contributed by atoms with van der Waals surface area (Å²) in [7, 11) is 1.73. The van der Waals surface area contributed by atoms with Gasteiger partial charge in [-0.1, -0.05) is 23.7 Å². The van der Waals surface area contributed by atoms with Gasteiger partial charge in [-0.2, -0.15) is 5.26 Å². The molecule has 5 heteroatoms. The SMILES string of the molecule is CN(Cc1ccc(C#N)cc1)C(=O)c1ccc(Br)c(Cl)c1. The molecule has 0 spiro atoms. The van der Waals surface area contributed by atoms with Crippen molar-refractivity contribution in [1.29, 1.82) is 5.26 Å². The van der Waals surface area contributed by atoms with Gasteiger partial charge >= 0.3 is 0 Å². The summed E-state index contributed by atoms with van der Waals surface area (Å²) in [5.74, 6) is -0.103. The van der Waals surface area contributed by atoms with Crippen LogP contribution in [0.2, 0.25) is 5.02 Å². The van der Waals surface area contributed by atoms with Crippen LogP contribution in [0.5, 0.6) is 0 Å². The van der Waals surface area contributed by atoms with E-state index in [1.807, 2.05) is 12.1 Å². The normalized spacial score (nSPS) is 10.0. The Kier molecular flexibility index (Phi) is 5.00. The third kappa shape index (κ3) is 3.84. The van der Waals surface area contributed by atoms with Gasteiger partial charge in [0.1, 0.15) is 0 Å². The first-order valence-corrected chi connectivity index (χ1v) is 7.38. The molecule has 0 aliphatic carbocycles. The number of hydrogen-bond donors (Lipinski definition) is 0. The Morgan fingerprint density at radius 3 is 2.52 bits per heavy atom. The van der Waals surface area contributed by atoms with E-state index >= 15 is 0 Å². The van der Waals surface area contributed by atoms with Crippen molar-refractivity contribution < 1.29 is 4.79 Å². The van der Waals surface area contributed by atoms with Gasteiger partial charge in [-0.25, -0.2) is 0 Å². The first-order valence-electron chi connectivity index (χ1n) is 6.21. The van der Waals surface area contributed by atoms with Crippen LogP contribution < -0.4 is 0 Å². The summed E-state index contributed by atoms with van der Waals surface area (Å²) in [6.07, 6.45) is 0. The standard InChI is InChI=1S/C16H12BrClN2O/c1-20(10-12-4-2-11(9-19)3-5-12)16(21)13-6-7-14(17)15(18)8-13/h2-8H,10H2,1H3. The van der Waals surface area contributed by atoms with E-state index in [1.165, 1.54) is 0 Å². The van der Waals surface area contributed by atoms with E-state index in [0.717, 1.165) is 10.0 Å². The van der Waals surface area contributed by atoms with Crippen LogP contribution in [0.4, 0.5) is 0 Å². The van der Waals surface area contributed by atoms with Crippen molar-refractivity contribution in [2.24, 2.45) is 0 Å². The highest BCUT2D eigenvalue weighted by atomic mass is 79.9. The van der Waals surface area contributed by atoms with Gasteiger partial charge in [0, 0.05) is 23.6 Å². The van der Waals surface area contributed by atoms with Crippen molar-refractivity contribution >= 4 is 33.4 Å². The van der Waals surface area contributed by atoms with Crippen LogP contribution in [0.1, 0.15) is 21.5 Å². The minimum absolute atomic E-state index is 0.103. The molecule has 0 aromatic heterocycles. The molecule has 3 nitrogen and oxygen atoms in total. The monoisotopic (exact) mass is 362 g/mol. The predicted molar refractivity (Wildman–Crippen MR) is 86.1 cm³/mol. The summed E-state index contributed by atoms with van der Waals surface area (Å²) >= 11 is 9.31. The van der Waals surface area contributed by atoms with Crippen molar-refractivity contribution in [3.63, 3.8) is 0 Å². The number of nitriles is 1. The molecule has 0 atom stereocenters. The average Bonchev–Trinajstić information content (AvgIpc) is 2.50. The van der Waals surface area contributed by atoms with E-state index in [2.05, 4.69) is 22.0 Å². The van der Waals surface area contributed by atoms with Crippen LogP contribution in [0.25, 0.3) is 0 Å². The first kappa shape index (κ1) is 15.6. The zero-order valence-electron chi connectivity index (χ0n) is 11.3. The van der Waals surface area contributed by atoms with Crippen LogP contribution in [0, 0.1) is 11.3 Å². The largest absolute Gasteiger partial charge is 0.337 e. The van der Waals surface area contributed by atoms with E-state index < -0.39 is 0 Å². The summed E-state index contributed by atoms with van der Waals surface area (Å²) < 4.78 is 0.760. The van der Waals surface area contributed by atoms with Gasteiger partial charge in [0.05, 0.1) is 16.7 Å². The Labute approximate surface area is 136 Å². The second-order valence-electron chi connectivity index (χ2n) is 4.60. The molecule has 0 N–H and O–H groups in total. The maximum Gasteiger partial charge on any atom is 0.253 e. The maximum absolute atomic E-state index is 12.3. The minimum Gasteiger partial charge on any atom is -0.337 e. The fourth-order valence-electron chi connectivity index (χ4n) is 1.88. The lowest BCUT2D eigenvalue weighted by molar-refractivity contribution is 0.0785. The third-order valence-electron chi connectivity index (χ3n) is 3.02. The van der Waals surface area contributed by atoms with E-state index in [4.69, 9.17) is 16.9 Å². The summed E-state index contributed by atoms with van der Waals surface area (Å²) in [6.45, 7) is 0.470. The van der Waals surface area contributed by atoms with E-state index in [1.54, 1.807) is 42.3 Å². The fourth-order valence-corrected chi connectivity index (χ4v) is 2.31. The lowest BCUT2D eigenvalue weighted by Gasteiger charge is -2.17. The number of amides is 1. The Morgan fingerprint density at radius 2 is 1.95 bits per heavy atom. The molecule has 2 aromatic carbocycles. The lowest BCUT2D eigenvalue weighted by atomic mass is 10.1. The molecular weight excluding hydrogens is 352 g/mol. The fraction of sp³-hybridized carbons (Fsp3) is 0.125. The van der Waals surface area contributed by atoms with E-state index in [-0.39, 0.29) is 5.91 Å². The molecule has 0 heterocycles. The van der Waals surface area contributed by atoms with Crippen LogP contribution in [-0.2, 0) is 6.54 Å². The van der Waals surface area contributed by atoms with Crippen LogP contribution in [-0.4, -0.2) is 17.9 Å². The zero-order valence-corrected chi connectivity index (χ0v) is 13.6. The quantitative estimate of drug-likeness (QED) is 0.818. The highest BCUT2D eigenvalue weighted by Crippen LogP contribution is 2.24. The molecule has 106 valence electrons. The van der Waals surface area contributed by atoms with Gasteiger partial charge in [0.2, 0.25) is 0 Å². The maximum atomic E-state index is 12.3. The molecule has 0 saturated heterocycles. The molecule has 1 amide bonds.